The zero-order chi connectivity index (χ0) is 10.8. The summed E-state index contributed by atoms with van der Waals surface area (Å²) >= 11 is 0. The number of carbonyl (C=O) groups is 1. The zero-order valence-electron chi connectivity index (χ0n) is 10.1. The fraction of sp³-hybridized carbons (Fsp3) is 0.923. The van der Waals surface area contributed by atoms with Crippen LogP contribution in [0.5, 0.6) is 0 Å². The maximum Gasteiger partial charge on any atom is 0.132 e. The van der Waals surface area contributed by atoms with Gasteiger partial charge in [0.15, 0.2) is 0 Å². The molecule has 0 bridgehead atoms. The summed E-state index contributed by atoms with van der Waals surface area (Å²) in [7, 11) is 0. The molecule has 0 N–H and O–H groups in total. The quantitative estimate of drug-likeness (QED) is 0.538. The number of carbonyl (C=O) groups excluding carboxylic acids is 1. The highest BCUT2D eigenvalue weighted by Crippen LogP contribution is 2.18. The van der Waals surface area contributed by atoms with Crippen LogP contribution in [0.3, 0.4) is 0 Å². The van der Waals surface area contributed by atoms with E-state index in [2.05, 4.69) is 20.8 Å². The Morgan fingerprint density at radius 3 is 2.21 bits per heavy atom. The Morgan fingerprint density at radius 1 is 1.00 bits per heavy atom. The summed E-state index contributed by atoms with van der Waals surface area (Å²) in [5.74, 6) is 1.25. The van der Waals surface area contributed by atoms with E-state index in [4.69, 9.17) is 0 Å². The average Bonchev–Trinajstić information content (AvgIpc) is 2.19. The highest BCUT2D eigenvalue weighted by atomic mass is 16.1. The Morgan fingerprint density at radius 2 is 1.71 bits per heavy atom. The van der Waals surface area contributed by atoms with Crippen LogP contribution in [0.15, 0.2) is 0 Å². The summed E-state index contributed by atoms with van der Waals surface area (Å²) in [5.41, 5.74) is 0. The molecule has 0 aliphatic heterocycles. The molecule has 1 nitrogen and oxygen atoms in total. The van der Waals surface area contributed by atoms with E-state index < -0.39 is 0 Å². The summed E-state index contributed by atoms with van der Waals surface area (Å²) in [6.07, 6.45) is 8.87. The van der Waals surface area contributed by atoms with E-state index >= 15 is 0 Å². The molecule has 84 valence electrons. The number of unbranched alkanes of at least 4 members (excludes halogenated alkanes) is 1. The van der Waals surface area contributed by atoms with E-state index in [9.17, 15) is 4.79 Å². The van der Waals surface area contributed by atoms with E-state index in [-0.39, 0.29) is 0 Å². The highest BCUT2D eigenvalue weighted by molar-refractivity contribution is 5.78. The van der Waals surface area contributed by atoms with Gasteiger partial charge in [-0.3, -0.25) is 4.79 Å². The van der Waals surface area contributed by atoms with Gasteiger partial charge >= 0.3 is 0 Å². The Hall–Kier alpha value is -0.330. The normalized spacial score (nSPS) is 12.8. The number of ketones is 1. The van der Waals surface area contributed by atoms with Gasteiger partial charge in [-0.1, -0.05) is 46.5 Å². The molecule has 0 spiro atoms. The van der Waals surface area contributed by atoms with Gasteiger partial charge in [-0.05, 0) is 18.8 Å². The van der Waals surface area contributed by atoms with Gasteiger partial charge in [0.25, 0.3) is 0 Å². The topological polar surface area (TPSA) is 17.1 Å². The van der Waals surface area contributed by atoms with Gasteiger partial charge in [0.05, 0.1) is 0 Å². The summed E-state index contributed by atoms with van der Waals surface area (Å²) in [4.78, 5) is 11.3. The molecule has 1 heteroatoms. The molecule has 0 radical (unpaired) electrons. The summed E-state index contributed by atoms with van der Waals surface area (Å²) in [6.45, 7) is 6.55. The van der Waals surface area contributed by atoms with Crippen molar-refractivity contribution in [2.75, 3.05) is 0 Å². The van der Waals surface area contributed by atoms with Crippen LogP contribution in [-0.4, -0.2) is 5.78 Å². The lowest BCUT2D eigenvalue weighted by molar-refractivity contribution is -0.119. The smallest absolute Gasteiger partial charge is 0.132 e. The second-order valence-electron chi connectivity index (χ2n) is 4.24. The van der Waals surface area contributed by atoms with Crippen molar-refractivity contribution in [3.8, 4) is 0 Å². The molecule has 1 atom stereocenters. The lowest BCUT2D eigenvalue weighted by atomic mass is 9.93. The maximum absolute atomic E-state index is 11.3. The summed E-state index contributed by atoms with van der Waals surface area (Å²) < 4.78 is 0. The Kier molecular flexibility index (Phi) is 9.02. The molecular weight excluding hydrogens is 172 g/mol. The van der Waals surface area contributed by atoms with Gasteiger partial charge in [0.2, 0.25) is 0 Å². The Balaban J connectivity index is 3.55. The third-order valence-electron chi connectivity index (χ3n) is 2.90. The molecule has 0 aromatic rings. The van der Waals surface area contributed by atoms with Crippen LogP contribution in [-0.2, 0) is 4.79 Å². The van der Waals surface area contributed by atoms with Crippen molar-refractivity contribution in [3.63, 3.8) is 0 Å². The van der Waals surface area contributed by atoms with Crippen molar-refractivity contribution in [1.29, 1.82) is 0 Å². The first-order valence-corrected chi connectivity index (χ1v) is 6.26. The molecule has 0 aliphatic carbocycles. The second kappa shape index (κ2) is 9.23. The SMILES string of the molecule is CCCCC(CC)CCC(=O)CCC. The summed E-state index contributed by atoms with van der Waals surface area (Å²) in [6, 6.07) is 0. The van der Waals surface area contributed by atoms with E-state index in [0.29, 0.717) is 5.78 Å². The third-order valence-corrected chi connectivity index (χ3v) is 2.90. The van der Waals surface area contributed by atoms with Crippen molar-refractivity contribution >= 4 is 5.78 Å². The molecule has 0 aromatic carbocycles. The largest absolute Gasteiger partial charge is 0.300 e. The first-order chi connectivity index (χ1) is 6.74. The van der Waals surface area contributed by atoms with Crippen LogP contribution in [0, 0.1) is 5.92 Å². The number of hydrogen-bond acceptors (Lipinski definition) is 1. The average molecular weight is 198 g/mol. The van der Waals surface area contributed by atoms with Crippen LogP contribution >= 0.6 is 0 Å². The first-order valence-electron chi connectivity index (χ1n) is 6.26. The van der Waals surface area contributed by atoms with Crippen molar-refractivity contribution in [1.82, 2.24) is 0 Å². The van der Waals surface area contributed by atoms with Crippen molar-refractivity contribution in [2.45, 2.75) is 72.1 Å². The predicted molar refractivity (Wildman–Crippen MR) is 62.5 cm³/mol. The van der Waals surface area contributed by atoms with Crippen molar-refractivity contribution < 1.29 is 4.79 Å². The van der Waals surface area contributed by atoms with E-state index in [1.807, 2.05) is 0 Å². The molecule has 1 unspecified atom stereocenters. The zero-order valence-corrected chi connectivity index (χ0v) is 10.1. The van der Waals surface area contributed by atoms with E-state index in [1.165, 1.54) is 25.7 Å². The standard InChI is InChI=1S/C13H26O/c1-4-7-9-12(6-3)10-11-13(14)8-5-2/h12H,4-11H2,1-3H3. The molecule has 0 rings (SSSR count). The number of rotatable bonds is 9. The molecule has 0 aromatic heterocycles. The fourth-order valence-electron chi connectivity index (χ4n) is 1.81. The predicted octanol–water partition coefficient (Wildman–Crippen LogP) is 4.35. The van der Waals surface area contributed by atoms with Crippen LogP contribution in [0.4, 0.5) is 0 Å². The van der Waals surface area contributed by atoms with Crippen LogP contribution in [0.25, 0.3) is 0 Å². The van der Waals surface area contributed by atoms with Gasteiger partial charge in [-0.2, -0.15) is 0 Å². The summed E-state index contributed by atoms with van der Waals surface area (Å²) in [5, 5.41) is 0. The van der Waals surface area contributed by atoms with Gasteiger partial charge < -0.3 is 0 Å². The molecule has 0 saturated heterocycles. The third kappa shape index (κ3) is 7.11. The molecule has 14 heavy (non-hydrogen) atoms. The van der Waals surface area contributed by atoms with Gasteiger partial charge in [-0.15, -0.1) is 0 Å². The number of hydrogen-bond donors (Lipinski definition) is 0. The second-order valence-corrected chi connectivity index (χ2v) is 4.24. The minimum Gasteiger partial charge on any atom is -0.300 e. The lowest BCUT2D eigenvalue weighted by Gasteiger charge is -2.13. The molecular formula is C13H26O. The number of Topliss-reactive ketones (excluding diaryl/α,β-unsaturated/α-hetero) is 1. The lowest BCUT2D eigenvalue weighted by Crippen LogP contribution is -2.04. The monoisotopic (exact) mass is 198 g/mol. The van der Waals surface area contributed by atoms with Gasteiger partial charge in [-0.25, -0.2) is 0 Å². The van der Waals surface area contributed by atoms with E-state index in [1.54, 1.807) is 0 Å². The molecule has 0 amide bonds. The molecule has 0 heterocycles. The van der Waals surface area contributed by atoms with Gasteiger partial charge in [0.1, 0.15) is 5.78 Å². The van der Waals surface area contributed by atoms with Gasteiger partial charge in [0, 0.05) is 12.8 Å². The minimum absolute atomic E-state index is 0.461. The van der Waals surface area contributed by atoms with Crippen LogP contribution in [0.2, 0.25) is 0 Å². The van der Waals surface area contributed by atoms with Crippen molar-refractivity contribution in [3.05, 3.63) is 0 Å². The maximum atomic E-state index is 11.3. The molecule has 0 saturated carbocycles. The Labute approximate surface area is 89.3 Å². The van der Waals surface area contributed by atoms with Crippen LogP contribution < -0.4 is 0 Å². The highest BCUT2D eigenvalue weighted by Gasteiger charge is 2.08. The van der Waals surface area contributed by atoms with E-state index in [0.717, 1.165) is 31.6 Å². The van der Waals surface area contributed by atoms with Crippen molar-refractivity contribution in [2.24, 2.45) is 5.92 Å². The first kappa shape index (κ1) is 13.7. The Bertz CT molecular complexity index is 140. The van der Waals surface area contributed by atoms with Crippen LogP contribution in [0.1, 0.15) is 72.1 Å². The molecule has 0 aliphatic rings. The fourth-order valence-corrected chi connectivity index (χ4v) is 1.81. The minimum atomic E-state index is 0.461. The molecule has 0 fully saturated rings.